The minimum absolute atomic E-state index is 0.174. The first-order valence-electron chi connectivity index (χ1n) is 8.52. The molecule has 138 valence electrons. The summed E-state index contributed by atoms with van der Waals surface area (Å²) in [4.78, 5) is 24.7. The molecule has 0 aliphatic carbocycles. The van der Waals surface area contributed by atoms with Gasteiger partial charge in [-0.3, -0.25) is 9.59 Å². The summed E-state index contributed by atoms with van der Waals surface area (Å²) in [6.07, 6.45) is 0. The van der Waals surface area contributed by atoms with Gasteiger partial charge >= 0.3 is 0 Å². The van der Waals surface area contributed by atoms with Crippen LogP contribution in [0.25, 0.3) is 0 Å². The van der Waals surface area contributed by atoms with Gasteiger partial charge in [-0.25, -0.2) is 0 Å². The third-order valence-electron chi connectivity index (χ3n) is 3.48. The molecule has 0 saturated carbocycles. The quantitative estimate of drug-likeness (QED) is 0.695. The summed E-state index contributed by atoms with van der Waals surface area (Å²) in [7, 11) is 0. The molecule has 0 fully saturated rings. The number of carbonyl (C=O) groups is 2. The zero-order chi connectivity index (χ0) is 19.1. The van der Waals surface area contributed by atoms with Crippen molar-refractivity contribution in [1.29, 1.82) is 0 Å². The van der Waals surface area contributed by atoms with Gasteiger partial charge in [0.05, 0.1) is 12.2 Å². The van der Waals surface area contributed by atoms with Crippen LogP contribution in [-0.2, 0) is 0 Å². The molecule has 0 heterocycles. The van der Waals surface area contributed by atoms with Crippen LogP contribution in [0.1, 0.15) is 41.5 Å². The van der Waals surface area contributed by atoms with Crippen molar-refractivity contribution in [3.8, 4) is 5.75 Å². The Bertz CT molecular complexity index is 790. The summed E-state index contributed by atoms with van der Waals surface area (Å²) in [5.74, 6) is 0.410. The second kappa shape index (κ2) is 9.38. The number of anilines is 1. The Balaban J connectivity index is 2.20. The Morgan fingerprint density at radius 1 is 1.12 bits per heavy atom. The topological polar surface area (TPSA) is 67.4 Å². The van der Waals surface area contributed by atoms with Crippen molar-refractivity contribution in [2.24, 2.45) is 5.92 Å². The first-order chi connectivity index (χ1) is 12.4. The van der Waals surface area contributed by atoms with Crippen LogP contribution in [0.4, 0.5) is 5.69 Å². The van der Waals surface area contributed by atoms with Gasteiger partial charge in [0.25, 0.3) is 11.8 Å². The summed E-state index contributed by atoms with van der Waals surface area (Å²) in [5.41, 5.74) is 1.48. The minimum Gasteiger partial charge on any atom is -0.492 e. The number of hydrogen-bond acceptors (Lipinski definition) is 3. The molecule has 2 N–H and O–H groups in total. The SMILES string of the molecule is CCNC(=O)c1cccc(NC(=O)c2cc(Br)ccc2OCC(C)C)c1. The largest absolute Gasteiger partial charge is 0.492 e. The molecule has 2 rings (SSSR count). The molecule has 0 spiro atoms. The van der Waals surface area contributed by atoms with Gasteiger partial charge in [-0.2, -0.15) is 0 Å². The van der Waals surface area contributed by atoms with E-state index in [0.717, 1.165) is 4.47 Å². The lowest BCUT2D eigenvalue weighted by Crippen LogP contribution is -2.22. The Labute approximate surface area is 162 Å². The van der Waals surface area contributed by atoms with Crippen molar-refractivity contribution in [2.45, 2.75) is 20.8 Å². The predicted octanol–water partition coefficient (Wildman–Crippen LogP) is 4.49. The molecule has 0 aliphatic heterocycles. The standard InChI is InChI=1S/C20H23BrN2O3/c1-4-22-19(24)14-6-5-7-16(10-14)23-20(25)17-11-15(21)8-9-18(17)26-12-13(2)3/h5-11,13H,4,12H2,1-3H3,(H,22,24)(H,23,25). The van der Waals surface area contributed by atoms with E-state index in [4.69, 9.17) is 4.74 Å². The fourth-order valence-electron chi connectivity index (χ4n) is 2.26. The molecule has 2 amide bonds. The van der Waals surface area contributed by atoms with Gasteiger partial charge in [0.2, 0.25) is 0 Å². The molecule has 26 heavy (non-hydrogen) atoms. The molecule has 6 heteroatoms. The van der Waals surface area contributed by atoms with Gasteiger partial charge in [0.1, 0.15) is 5.75 Å². The van der Waals surface area contributed by atoms with E-state index >= 15 is 0 Å². The van der Waals surface area contributed by atoms with Crippen LogP contribution in [0, 0.1) is 5.92 Å². The molecule has 0 bridgehead atoms. The van der Waals surface area contributed by atoms with Crippen LogP contribution < -0.4 is 15.4 Å². The van der Waals surface area contributed by atoms with Gasteiger partial charge in [-0.1, -0.05) is 35.8 Å². The molecule has 2 aromatic rings. The maximum Gasteiger partial charge on any atom is 0.259 e. The average Bonchev–Trinajstić information content (AvgIpc) is 2.61. The summed E-state index contributed by atoms with van der Waals surface area (Å²) >= 11 is 3.39. The first kappa shape index (κ1) is 20.0. The van der Waals surface area contributed by atoms with Gasteiger partial charge in [-0.05, 0) is 49.2 Å². The number of halogens is 1. The molecule has 5 nitrogen and oxygen atoms in total. The number of ether oxygens (including phenoxy) is 1. The van der Waals surface area contributed by atoms with E-state index in [1.54, 1.807) is 36.4 Å². The Morgan fingerprint density at radius 3 is 2.58 bits per heavy atom. The highest BCUT2D eigenvalue weighted by atomic mass is 79.9. The van der Waals surface area contributed by atoms with Crippen molar-refractivity contribution in [3.05, 3.63) is 58.1 Å². The van der Waals surface area contributed by atoms with E-state index < -0.39 is 0 Å². The van der Waals surface area contributed by atoms with Crippen LogP contribution in [0.5, 0.6) is 5.75 Å². The normalized spacial score (nSPS) is 10.5. The number of carbonyl (C=O) groups excluding carboxylic acids is 2. The number of hydrogen-bond donors (Lipinski definition) is 2. The smallest absolute Gasteiger partial charge is 0.259 e. The van der Waals surface area contributed by atoms with Crippen molar-refractivity contribution in [3.63, 3.8) is 0 Å². The summed E-state index contributed by atoms with van der Waals surface area (Å²) in [6, 6.07) is 12.2. The monoisotopic (exact) mass is 418 g/mol. The number of nitrogens with one attached hydrogen (secondary N) is 2. The third-order valence-corrected chi connectivity index (χ3v) is 3.97. The highest BCUT2D eigenvalue weighted by Gasteiger charge is 2.15. The maximum atomic E-state index is 12.7. The Hall–Kier alpha value is -2.34. The molecule has 0 aromatic heterocycles. The number of rotatable bonds is 7. The van der Waals surface area contributed by atoms with Gasteiger partial charge in [-0.15, -0.1) is 0 Å². The highest BCUT2D eigenvalue weighted by Crippen LogP contribution is 2.25. The van der Waals surface area contributed by atoms with E-state index in [9.17, 15) is 9.59 Å². The van der Waals surface area contributed by atoms with Crippen LogP contribution in [0.15, 0.2) is 46.9 Å². The van der Waals surface area contributed by atoms with E-state index in [-0.39, 0.29) is 11.8 Å². The molecular formula is C20H23BrN2O3. The lowest BCUT2D eigenvalue weighted by molar-refractivity contribution is 0.0954. The second-order valence-corrected chi connectivity index (χ2v) is 7.16. The molecule has 0 aliphatic rings. The lowest BCUT2D eigenvalue weighted by Gasteiger charge is -2.14. The summed E-state index contributed by atoms with van der Waals surface area (Å²) < 4.78 is 6.55. The molecule has 0 radical (unpaired) electrons. The third kappa shape index (κ3) is 5.59. The van der Waals surface area contributed by atoms with Crippen LogP contribution in [-0.4, -0.2) is 25.0 Å². The van der Waals surface area contributed by atoms with Crippen LogP contribution in [0.3, 0.4) is 0 Å². The fourth-order valence-corrected chi connectivity index (χ4v) is 2.62. The predicted molar refractivity (Wildman–Crippen MR) is 107 cm³/mol. The number of amides is 2. The lowest BCUT2D eigenvalue weighted by atomic mass is 10.1. The molecule has 0 atom stereocenters. The van der Waals surface area contributed by atoms with Crippen molar-refractivity contribution < 1.29 is 14.3 Å². The average molecular weight is 419 g/mol. The van der Waals surface area contributed by atoms with Crippen molar-refractivity contribution in [1.82, 2.24) is 5.32 Å². The fraction of sp³-hybridized carbons (Fsp3) is 0.300. The van der Waals surface area contributed by atoms with E-state index in [1.165, 1.54) is 0 Å². The molecule has 0 unspecified atom stereocenters. The van der Waals surface area contributed by atoms with Gasteiger partial charge in [0, 0.05) is 22.3 Å². The molecular weight excluding hydrogens is 396 g/mol. The van der Waals surface area contributed by atoms with E-state index in [1.807, 2.05) is 26.8 Å². The van der Waals surface area contributed by atoms with Crippen LogP contribution >= 0.6 is 15.9 Å². The van der Waals surface area contributed by atoms with Gasteiger partial charge in [0.15, 0.2) is 0 Å². The maximum absolute atomic E-state index is 12.7. The summed E-state index contributed by atoms with van der Waals surface area (Å²) in [6.45, 7) is 7.02. The first-order valence-corrected chi connectivity index (χ1v) is 9.32. The minimum atomic E-state index is -0.293. The summed E-state index contributed by atoms with van der Waals surface area (Å²) in [5, 5.41) is 5.57. The molecule has 0 saturated heterocycles. The second-order valence-electron chi connectivity index (χ2n) is 6.24. The highest BCUT2D eigenvalue weighted by molar-refractivity contribution is 9.10. The van der Waals surface area contributed by atoms with E-state index in [0.29, 0.717) is 41.6 Å². The zero-order valence-corrected chi connectivity index (χ0v) is 16.7. The Morgan fingerprint density at radius 2 is 1.88 bits per heavy atom. The van der Waals surface area contributed by atoms with Crippen molar-refractivity contribution >= 4 is 33.4 Å². The van der Waals surface area contributed by atoms with Crippen molar-refractivity contribution in [2.75, 3.05) is 18.5 Å². The van der Waals surface area contributed by atoms with Gasteiger partial charge < -0.3 is 15.4 Å². The van der Waals surface area contributed by atoms with Crippen LogP contribution in [0.2, 0.25) is 0 Å². The number of benzene rings is 2. The zero-order valence-electron chi connectivity index (χ0n) is 15.1. The molecule has 2 aromatic carbocycles. The Kier molecular flexibility index (Phi) is 7.21. The van der Waals surface area contributed by atoms with E-state index in [2.05, 4.69) is 26.6 Å².